The minimum Gasteiger partial charge on any atom is -0.283 e. The number of halogens is 3. The van der Waals surface area contributed by atoms with Crippen LogP contribution in [-0.4, -0.2) is 35.2 Å². The summed E-state index contributed by atoms with van der Waals surface area (Å²) in [7, 11) is 0. The van der Waals surface area contributed by atoms with Crippen molar-refractivity contribution >= 4 is 22.1 Å². The molecule has 2 aromatic carbocycles. The van der Waals surface area contributed by atoms with E-state index < -0.39 is 11.6 Å². The van der Waals surface area contributed by atoms with Crippen molar-refractivity contribution in [2.24, 2.45) is 0 Å². The van der Waals surface area contributed by atoms with Crippen molar-refractivity contribution in [3.8, 4) is 11.6 Å². The number of imidazole rings is 2. The van der Waals surface area contributed by atoms with Crippen LogP contribution in [0.25, 0.3) is 33.7 Å². The van der Waals surface area contributed by atoms with Gasteiger partial charge in [-0.15, -0.1) is 0 Å². The number of pyridine rings is 2. The van der Waals surface area contributed by atoms with E-state index in [0.717, 1.165) is 41.0 Å². The van der Waals surface area contributed by atoms with Crippen LogP contribution in [-0.2, 0) is 5.41 Å². The van der Waals surface area contributed by atoms with Gasteiger partial charge in [0, 0.05) is 0 Å². The Balaban J connectivity index is 1.57. The summed E-state index contributed by atoms with van der Waals surface area (Å²) in [4.78, 5) is 18.0. The number of nitrogens with zero attached hydrogens (tertiary/aromatic N) is 6. The highest BCUT2D eigenvalue weighted by molar-refractivity contribution is 5.77. The summed E-state index contributed by atoms with van der Waals surface area (Å²) < 4.78 is 49.1. The third-order valence-corrected chi connectivity index (χ3v) is 7.74. The number of aromatic nitrogens is 6. The van der Waals surface area contributed by atoms with Gasteiger partial charge in [0.2, 0.25) is 0 Å². The van der Waals surface area contributed by atoms with Crippen LogP contribution in [0.1, 0.15) is 50.1 Å². The maximum absolute atomic E-state index is 15.2. The predicted octanol–water partition coefficient (Wildman–Crippen LogP) is 7.54. The van der Waals surface area contributed by atoms with E-state index in [9.17, 15) is 0 Å². The standard InChI is InChI=1S/C31H27F3N6/c1-4-20(2)21-16-27(38-29(17-21)40-19-36-23-11-6-8-13-25(23)40)30(3,31(32,33)34)26-14-9-15-28(37-26)39-18-35-22-10-5-7-12-24(22)39/h5-20H,4H2,1-3H3. The molecule has 40 heavy (non-hydrogen) atoms. The summed E-state index contributed by atoms with van der Waals surface area (Å²) in [5.41, 5.74) is 1.00. The predicted molar refractivity (Wildman–Crippen MR) is 149 cm³/mol. The zero-order valence-corrected chi connectivity index (χ0v) is 22.3. The second-order valence-electron chi connectivity index (χ2n) is 10.2. The average Bonchev–Trinajstić information content (AvgIpc) is 3.60. The van der Waals surface area contributed by atoms with Crippen molar-refractivity contribution in [1.29, 1.82) is 0 Å². The Morgan fingerprint density at radius 2 is 1.30 bits per heavy atom. The molecule has 0 aliphatic heterocycles. The molecule has 0 radical (unpaired) electrons. The second-order valence-corrected chi connectivity index (χ2v) is 10.2. The molecule has 2 unspecified atom stereocenters. The van der Waals surface area contributed by atoms with Crippen molar-refractivity contribution in [2.75, 3.05) is 0 Å². The van der Waals surface area contributed by atoms with Gasteiger partial charge >= 0.3 is 6.18 Å². The van der Waals surface area contributed by atoms with Crippen LogP contribution in [0.5, 0.6) is 0 Å². The molecular weight excluding hydrogens is 513 g/mol. The third-order valence-electron chi connectivity index (χ3n) is 7.74. The van der Waals surface area contributed by atoms with Crippen LogP contribution in [0, 0.1) is 0 Å². The maximum atomic E-state index is 15.2. The minimum absolute atomic E-state index is 0.0179. The van der Waals surface area contributed by atoms with E-state index in [1.807, 2.05) is 68.4 Å². The number of fused-ring (bicyclic) bond motifs is 2. The van der Waals surface area contributed by atoms with Crippen molar-refractivity contribution in [3.05, 3.63) is 108 Å². The quantitative estimate of drug-likeness (QED) is 0.219. The van der Waals surface area contributed by atoms with Crippen LogP contribution >= 0.6 is 0 Å². The molecule has 2 atom stereocenters. The van der Waals surface area contributed by atoms with Gasteiger partial charge in [0.05, 0.1) is 33.5 Å². The smallest absolute Gasteiger partial charge is 0.283 e. The fourth-order valence-corrected chi connectivity index (χ4v) is 4.98. The van der Waals surface area contributed by atoms with Crippen molar-refractivity contribution < 1.29 is 13.2 Å². The molecule has 0 bridgehead atoms. The molecule has 6 rings (SSSR count). The first-order valence-corrected chi connectivity index (χ1v) is 13.1. The Morgan fingerprint density at radius 3 is 1.90 bits per heavy atom. The molecule has 0 saturated carbocycles. The summed E-state index contributed by atoms with van der Waals surface area (Å²) in [6.07, 6.45) is -0.750. The Morgan fingerprint density at radius 1 is 0.725 bits per heavy atom. The molecular formula is C31H27F3N6. The van der Waals surface area contributed by atoms with E-state index in [0.29, 0.717) is 11.6 Å². The molecule has 4 aromatic heterocycles. The van der Waals surface area contributed by atoms with E-state index in [2.05, 4.69) is 19.9 Å². The first-order valence-electron chi connectivity index (χ1n) is 13.1. The van der Waals surface area contributed by atoms with Gasteiger partial charge in [-0.3, -0.25) is 9.13 Å². The zero-order chi connectivity index (χ0) is 28.1. The third kappa shape index (κ3) is 4.13. The monoisotopic (exact) mass is 540 g/mol. The van der Waals surface area contributed by atoms with Crippen LogP contribution in [0.2, 0.25) is 0 Å². The van der Waals surface area contributed by atoms with Crippen molar-refractivity contribution in [1.82, 2.24) is 29.1 Å². The van der Waals surface area contributed by atoms with Gasteiger partial charge in [-0.2, -0.15) is 13.2 Å². The number of benzene rings is 2. The van der Waals surface area contributed by atoms with Gasteiger partial charge in [0.25, 0.3) is 0 Å². The van der Waals surface area contributed by atoms with Gasteiger partial charge in [-0.05, 0) is 73.4 Å². The van der Waals surface area contributed by atoms with E-state index >= 15 is 13.2 Å². The minimum atomic E-state index is -4.69. The van der Waals surface area contributed by atoms with Crippen LogP contribution in [0.15, 0.2) is 91.5 Å². The molecule has 0 aliphatic carbocycles. The molecule has 202 valence electrons. The molecule has 6 aromatic rings. The molecule has 9 heteroatoms. The van der Waals surface area contributed by atoms with Crippen molar-refractivity contribution in [3.63, 3.8) is 0 Å². The van der Waals surface area contributed by atoms with E-state index in [4.69, 9.17) is 0 Å². The van der Waals surface area contributed by atoms with Gasteiger partial charge in [0.1, 0.15) is 29.7 Å². The van der Waals surface area contributed by atoms with E-state index in [1.165, 1.54) is 6.07 Å². The first kappa shape index (κ1) is 25.7. The topological polar surface area (TPSA) is 61.4 Å². The number of para-hydroxylation sites is 4. The number of hydrogen-bond donors (Lipinski definition) is 0. The van der Waals surface area contributed by atoms with Gasteiger partial charge in [-0.25, -0.2) is 19.9 Å². The Kier molecular flexibility index (Phi) is 6.17. The van der Waals surface area contributed by atoms with Crippen molar-refractivity contribution in [2.45, 2.75) is 44.7 Å². The Labute approximate surface area is 229 Å². The van der Waals surface area contributed by atoms with E-state index in [-0.39, 0.29) is 17.3 Å². The lowest BCUT2D eigenvalue weighted by Crippen LogP contribution is -2.42. The molecule has 0 amide bonds. The highest BCUT2D eigenvalue weighted by atomic mass is 19.4. The summed E-state index contributed by atoms with van der Waals surface area (Å²) in [6.45, 7) is 5.17. The maximum Gasteiger partial charge on any atom is 0.405 e. The molecule has 0 aliphatic rings. The Bertz CT molecular complexity index is 1840. The first-order chi connectivity index (χ1) is 19.2. The fourth-order valence-electron chi connectivity index (χ4n) is 4.98. The number of alkyl halides is 3. The fraction of sp³-hybridized carbons (Fsp3) is 0.226. The summed E-state index contributed by atoms with van der Waals surface area (Å²) in [5.74, 6) is 0.749. The second kappa shape index (κ2) is 9.59. The highest BCUT2D eigenvalue weighted by Crippen LogP contribution is 2.46. The summed E-state index contributed by atoms with van der Waals surface area (Å²) >= 11 is 0. The highest BCUT2D eigenvalue weighted by Gasteiger charge is 2.56. The van der Waals surface area contributed by atoms with E-state index in [1.54, 1.807) is 40.0 Å². The molecule has 0 N–H and O–H groups in total. The lowest BCUT2D eigenvalue weighted by Gasteiger charge is -2.32. The van der Waals surface area contributed by atoms with Gasteiger partial charge < -0.3 is 0 Å². The van der Waals surface area contributed by atoms with Crippen LogP contribution in [0.3, 0.4) is 0 Å². The Hall–Kier alpha value is -4.53. The number of hydrogen-bond acceptors (Lipinski definition) is 4. The normalized spacial score (nSPS) is 14.4. The molecule has 4 heterocycles. The average molecular weight is 541 g/mol. The molecule has 0 saturated heterocycles. The largest absolute Gasteiger partial charge is 0.405 e. The zero-order valence-electron chi connectivity index (χ0n) is 22.3. The summed E-state index contributed by atoms with van der Waals surface area (Å²) in [6, 6.07) is 23.0. The van der Waals surface area contributed by atoms with Gasteiger partial charge in [0.15, 0.2) is 0 Å². The SMILES string of the molecule is CCC(C)c1cc(-n2cnc3ccccc32)nc(C(C)(c2cccc(-n3cnc4ccccc43)n2)C(F)(F)F)c1. The lowest BCUT2D eigenvalue weighted by atomic mass is 9.80. The van der Waals surface area contributed by atoms with Crippen LogP contribution < -0.4 is 0 Å². The van der Waals surface area contributed by atoms with Crippen LogP contribution in [0.4, 0.5) is 13.2 Å². The lowest BCUT2D eigenvalue weighted by molar-refractivity contribution is -0.175. The molecule has 6 nitrogen and oxygen atoms in total. The molecule has 0 fully saturated rings. The summed E-state index contributed by atoms with van der Waals surface area (Å²) in [5, 5.41) is 0. The number of rotatable bonds is 6. The van der Waals surface area contributed by atoms with Gasteiger partial charge in [-0.1, -0.05) is 44.2 Å². The molecule has 0 spiro atoms.